The van der Waals surface area contributed by atoms with Gasteiger partial charge >= 0.3 is 6.09 Å². The second kappa shape index (κ2) is 8.09. The van der Waals surface area contributed by atoms with Gasteiger partial charge in [0.1, 0.15) is 18.5 Å². The number of halogens is 1. The van der Waals surface area contributed by atoms with E-state index in [9.17, 15) is 9.18 Å². The maximum Gasteiger partial charge on any atom is 0.405 e. The van der Waals surface area contributed by atoms with Crippen LogP contribution in [0.15, 0.2) is 18.3 Å². The summed E-state index contributed by atoms with van der Waals surface area (Å²) in [6.45, 7) is 1.00. The van der Waals surface area contributed by atoms with E-state index >= 15 is 0 Å². The fourth-order valence-corrected chi connectivity index (χ4v) is 4.81. The van der Waals surface area contributed by atoms with Gasteiger partial charge in [0, 0.05) is 17.2 Å². The van der Waals surface area contributed by atoms with Crippen molar-refractivity contribution in [2.24, 2.45) is 5.73 Å². The van der Waals surface area contributed by atoms with E-state index in [4.69, 9.17) is 25.1 Å². The average Bonchev–Trinajstić information content (AvgIpc) is 2.77. The van der Waals surface area contributed by atoms with Gasteiger partial charge in [0.05, 0.1) is 42.1 Å². The number of nitrogens with one attached hydrogen (secondary N) is 1. The molecule has 0 aromatic carbocycles. The molecule has 2 aromatic rings. The van der Waals surface area contributed by atoms with Gasteiger partial charge in [-0.15, -0.1) is 0 Å². The Labute approximate surface area is 184 Å². The van der Waals surface area contributed by atoms with E-state index in [1.54, 1.807) is 12.1 Å². The molecule has 3 saturated heterocycles. The van der Waals surface area contributed by atoms with Gasteiger partial charge in [0.2, 0.25) is 5.88 Å². The SMILES string of the molecule is NC12CCC(CCc3c(F)cnc4ccc(OC[C@@H]5OC[C@@H]5NC(=O)O)nc34)(CC1)OC2. The van der Waals surface area contributed by atoms with Crippen molar-refractivity contribution in [2.45, 2.75) is 61.8 Å². The number of hydrogen-bond acceptors (Lipinski definition) is 7. The number of aryl methyl sites for hydroxylation is 1. The van der Waals surface area contributed by atoms with Crippen LogP contribution in [-0.4, -0.2) is 64.3 Å². The van der Waals surface area contributed by atoms with Gasteiger partial charge in [0.25, 0.3) is 0 Å². The van der Waals surface area contributed by atoms with Crippen molar-refractivity contribution >= 4 is 17.1 Å². The number of nitrogens with zero attached hydrogens (tertiary/aromatic N) is 2. The molecule has 2 bridgehead atoms. The van der Waals surface area contributed by atoms with Crippen molar-refractivity contribution in [3.63, 3.8) is 0 Å². The molecule has 32 heavy (non-hydrogen) atoms. The Kier molecular flexibility index (Phi) is 5.39. The highest BCUT2D eigenvalue weighted by Crippen LogP contribution is 2.45. The Balaban J connectivity index is 1.29. The van der Waals surface area contributed by atoms with E-state index in [0.717, 1.165) is 25.7 Å². The Hall–Kier alpha value is -2.56. The summed E-state index contributed by atoms with van der Waals surface area (Å²) in [6, 6.07) is 3.09. The van der Waals surface area contributed by atoms with E-state index in [2.05, 4.69) is 15.3 Å². The van der Waals surface area contributed by atoms with E-state index < -0.39 is 18.0 Å². The van der Waals surface area contributed by atoms with Crippen LogP contribution in [0, 0.1) is 5.82 Å². The monoisotopic (exact) mass is 446 g/mol. The molecule has 2 aromatic heterocycles. The van der Waals surface area contributed by atoms with Crippen LogP contribution in [0.1, 0.15) is 37.7 Å². The molecule has 1 aliphatic carbocycles. The van der Waals surface area contributed by atoms with E-state index in [0.29, 0.717) is 48.5 Å². The fraction of sp³-hybridized carbons (Fsp3) is 0.591. The molecule has 2 atom stereocenters. The lowest BCUT2D eigenvalue weighted by atomic mass is 9.70. The standard InChI is InChI=1S/C22H27FN4O5/c23-14-9-25-15-1-2-18(31-11-17-16(10-30-17)26-20(28)29)27-19(15)13(14)3-4-22-7-5-21(24,6-8-22)12-32-22/h1-2,9,16-17,26H,3-8,10-12,24H2,(H,28,29)/t16-,17-,21?,22?/m0/s1. The third-order valence-electron chi connectivity index (χ3n) is 7.04. The minimum atomic E-state index is -1.10. The summed E-state index contributed by atoms with van der Waals surface area (Å²) < 4.78 is 32.0. The first-order chi connectivity index (χ1) is 15.3. The van der Waals surface area contributed by atoms with Gasteiger partial charge in [0.15, 0.2) is 0 Å². The first-order valence-electron chi connectivity index (χ1n) is 11.0. The maximum absolute atomic E-state index is 14.8. The summed E-state index contributed by atoms with van der Waals surface area (Å²) in [5.74, 6) is -0.0835. The third kappa shape index (κ3) is 4.10. The third-order valence-corrected chi connectivity index (χ3v) is 7.04. The molecule has 0 spiro atoms. The van der Waals surface area contributed by atoms with Crippen LogP contribution < -0.4 is 15.8 Å². The maximum atomic E-state index is 14.8. The van der Waals surface area contributed by atoms with E-state index in [1.165, 1.54) is 6.20 Å². The normalized spacial score (nSPS) is 31.3. The minimum absolute atomic E-state index is 0.138. The molecule has 4 fully saturated rings. The molecule has 0 unspecified atom stereocenters. The molecular weight excluding hydrogens is 419 g/mol. The number of fused-ring (bicyclic) bond motifs is 4. The van der Waals surface area contributed by atoms with Crippen LogP contribution in [0.2, 0.25) is 0 Å². The molecule has 4 aliphatic rings. The first kappa shape index (κ1) is 21.3. The number of aromatic nitrogens is 2. The van der Waals surface area contributed by atoms with Crippen molar-refractivity contribution in [3.8, 4) is 5.88 Å². The molecule has 4 N–H and O–H groups in total. The molecule has 0 radical (unpaired) electrons. The van der Waals surface area contributed by atoms with Gasteiger partial charge in [-0.2, -0.15) is 0 Å². The lowest BCUT2D eigenvalue weighted by molar-refractivity contribution is -0.156. The molecule has 3 aliphatic heterocycles. The zero-order valence-electron chi connectivity index (χ0n) is 17.7. The number of carboxylic acid groups (broad SMARTS) is 1. The van der Waals surface area contributed by atoms with Crippen LogP contribution >= 0.6 is 0 Å². The van der Waals surface area contributed by atoms with E-state index in [1.807, 2.05) is 0 Å². The Morgan fingerprint density at radius 1 is 1.34 bits per heavy atom. The minimum Gasteiger partial charge on any atom is -0.475 e. The van der Waals surface area contributed by atoms with Crippen molar-refractivity contribution in [2.75, 3.05) is 19.8 Å². The summed E-state index contributed by atoms with van der Waals surface area (Å²) in [5.41, 5.74) is 7.42. The summed E-state index contributed by atoms with van der Waals surface area (Å²) in [7, 11) is 0. The number of carbonyl (C=O) groups is 1. The Bertz CT molecular complexity index is 1010. The second-order valence-electron chi connectivity index (χ2n) is 9.17. The zero-order chi connectivity index (χ0) is 22.3. The van der Waals surface area contributed by atoms with Crippen LogP contribution in [0.25, 0.3) is 11.0 Å². The van der Waals surface area contributed by atoms with Gasteiger partial charge in [-0.25, -0.2) is 14.2 Å². The van der Waals surface area contributed by atoms with Crippen molar-refractivity contribution < 1.29 is 28.5 Å². The molecule has 172 valence electrons. The molecule has 1 saturated carbocycles. The molecular formula is C22H27FN4O5. The van der Waals surface area contributed by atoms with Crippen molar-refractivity contribution in [3.05, 3.63) is 29.7 Å². The molecule has 10 heteroatoms. The summed E-state index contributed by atoms with van der Waals surface area (Å²) in [4.78, 5) is 19.5. The van der Waals surface area contributed by atoms with E-state index in [-0.39, 0.29) is 23.8 Å². The number of rotatable bonds is 7. The highest BCUT2D eigenvalue weighted by atomic mass is 19.1. The van der Waals surface area contributed by atoms with Gasteiger partial charge in [-0.05, 0) is 44.6 Å². The molecule has 9 nitrogen and oxygen atoms in total. The lowest BCUT2D eigenvalue weighted by Crippen LogP contribution is -2.59. The highest BCUT2D eigenvalue weighted by molar-refractivity contribution is 5.78. The van der Waals surface area contributed by atoms with Gasteiger partial charge in [-0.1, -0.05) is 0 Å². The van der Waals surface area contributed by atoms with Crippen LogP contribution in [0.5, 0.6) is 5.88 Å². The molecule has 1 amide bonds. The predicted molar refractivity (Wildman–Crippen MR) is 112 cm³/mol. The van der Waals surface area contributed by atoms with Crippen LogP contribution in [-0.2, 0) is 15.9 Å². The summed E-state index contributed by atoms with van der Waals surface area (Å²) >= 11 is 0. The topological polar surface area (TPSA) is 129 Å². The lowest BCUT2D eigenvalue weighted by Gasteiger charge is -2.51. The highest BCUT2D eigenvalue weighted by Gasteiger charge is 2.47. The van der Waals surface area contributed by atoms with Crippen molar-refractivity contribution in [1.82, 2.24) is 15.3 Å². The quantitative estimate of drug-likeness (QED) is 0.590. The largest absolute Gasteiger partial charge is 0.475 e. The second-order valence-corrected chi connectivity index (χ2v) is 9.17. The number of nitrogens with two attached hydrogens (primary N) is 1. The number of amides is 1. The summed E-state index contributed by atoms with van der Waals surface area (Å²) in [5, 5.41) is 11.2. The zero-order valence-corrected chi connectivity index (χ0v) is 17.7. The molecule has 5 heterocycles. The number of pyridine rings is 2. The predicted octanol–water partition coefficient (Wildman–Crippen LogP) is 2.16. The van der Waals surface area contributed by atoms with Gasteiger partial charge in [-0.3, -0.25) is 4.98 Å². The Morgan fingerprint density at radius 2 is 2.16 bits per heavy atom. The average molecular weight is 446 g/mol. The van der Waals surface area contributed by atoms with Crippen LogP contribution in [0.3, 0.4) is 0 Å². The van der Waals surface area contributed by atoms with Crippen LogP contribution in [0.4, 0.5) is 9.18 Å². The molecule has 6 rings (SSSR count). The smallest absolute Gasteiger partial charge is 0.405 e. The summed E-state index contributed by atoms with van der Waals surface area (Å²) in [6.07, 6.45) is 4.57. The van der Waals surface area contributed by atoms with Crippen molar-refractivity contribution in [1.29, 1.82) is 0 Å². The number of ether oxygens (including phenoxy) is 3. The first-order valence-corrected chi connectivity index (χ1v) is 11.0. The van der Waals surface area contributed by atoms with Gasteiger partial charge < -0.3 is 30.4 Å². The Morgan fingerprint density at radius 3 is 2.81 bits per heavy atom. The number of hydrogen-bond donors (Lipinski definition) is 3. The fourth-order valence-electron chi connectivity index (χ4n) is 4.81.